The fourth-order valence-corrected chi connectivity index (χ4v) is 4.31. The molecule has 0 atom stereocenters. The zero-order valence-electron chi connectivity index (χ0n) is 16.5. The summed E-state index contributed by atoms with van der Waals surface area (Å²) in [5, 5.41) is 14.1. The summed E-state index contributed by atoms with van der Waals surface area (Å²) in [5.74, 6) is 0.755. The molecule has 0 amide bonds. The van der Waals surface area contributed by atoms with Crippen LogP contribution < -0.4 is 16.2 Å². The van der Waals surface area contributed by atoms with Crippen LogP contribution in [0.4, 0.5) is 5.69 Å². The number of benzene rings is 2. The number of anilines is 1. The van der Waals surface area contributed by atoms with Crippen molar-refractivity contribution < 1.29 is 14.3 Å². The number of carbonyl (C=O) groups is 1. The summed E-state index contributed by atoms with van der Waals surface area (Å²) < 4.78 is 6.67. The Morgan fingerprint density at radius 2 is 1.93 bits per heavy atom. The minimum atomic E-state index is -0.0893. The van der Waals surface area contributed by atoms with E-state index in [1.54, 1.807) is 19.1 Å². The number of fused-ring (bicyclic) bond motifs is 1. The maximum absolute atomic E-state index is 13.5. The number of phenolic OH excluding ortho intramolecular Hbond substituents is 1. The fourth-order valence-electron chi connectivity index (χ4n) is 3.75. The Labute approximate surface area is 169 Å². The number of phenols is 1. The van der Waals surface area contributed by atoms with Gasteiger partial charge in [0.15, 0.2) is 5.78 Å². The first-order valence-electron chi connectivity index (χ1n) is 8.99. The molecule has 0 unspecified atom stereocenters. The van der Waals surface area contributed by atoms with Gasteiger partial charge in [0.1, 0.15) is 32.8 Å². The van der Waals surface area contributed by atoms with Gasteiger partial charge in [-0.2, -0.15) is 0 Å². The molecule has 3 aromatic rings. The van der Waals surface area contributed by atoms with Gasteiger partial charge in [0.05, 0.1) is 10.0 Å². The minimum Gasteiger partial charge on any atom is -0.506 e. The number of ketones is 1. The highest BCUT2D eigenvalue weighted by molar-refractivity contribution is 9.10. The largest absolute Gasteiger partial charge is 0.506 e. The van der Waals surface area contributed by atoms with Crippen molar-refractivity contribution in [1.82, 2.24) is 0 Å². The van der Waals surface area contributed by atoms with Gasteiger partial charge in [-0.25, -0.2) is 0 Å². The normalized spacial score (nSPS) is 11.1. The molecule has 0 saturated heterocycles. The molecule has 138 valence electrons. The molecule has 0 saturated carbocycles. The number of nitrogens with one attached hydrogen (secondary N) is 1. The second-order valence-electron chi connectivity index (χ2n) is 6.91. The smallest absolute Gasteiger partial charge is 0.197 e. The second-order valence-corrected chi connectivity index (χ2v) is 7.76. The van der Waals surface area contributed by atoms with Crippen molar-refractivity contribution >= 4 is 65.0 Å². The average Bonchev–Trinajstić information content (AvgIpc) is 3.03. The van der Waals surface area contributed by atoms with Gasteiger partial charge in [-0.3, -0.25) is 4.79 Å². The third-order valence-corrected chi connectivity index (χ3v) is 5.93. The van der Waals surface area contributed by atoms with Crippen molar-refractivity contribution in [3.05, 3.63) is 44.6 Å². The fraction of sp³-hybridized carbons (Fsp3) is 0.250. The number of aromatic hydroxyl groups is 1. The van der Waals surface area contributed by atoms with E-state index in [0.717, 1.165) is 33.1 Å². The quantitative estimate of drug-likeness (QED) is 0.495. The highest BCUT2D eigenvalue weighted by atomic mass is 79.9. The number of hydrogen-bond acceptors (Lipinski definition) is 4. The molecule has 7 heteroatoms. The number of carbonyl (C=O) groups excluding carboxylic acids is 1. The minimum absolute atomic E-state index is 0.0893. The topological polar surface area (TPSA) is 62.5 Å². The first-order valence-corrected chi connectivity index (χ1v) is 9.78. The van der Waals surface area contributed by atoms with E-state index in [0.29, 0.717) is 33.3 Å². The predicted molar refractivity (Wildman–Crippen MR) is 120 cm³/mol. The zero-order valence-corrected chi connectivity index (χ0v) is 18.1. The van der Waals surface area contributed by atoms with Gasteiger partial charge < -0.3 is 14.8 Å². The third kappa shape index (κ3) is 2.98. The van der Waals surface area contributed by atoms with Crippen LogP contribution in [0, 0.1) is 13.8 Å². The van der Waals surface area contributed by atoms with E-state index >= 15 is 0 Å². The van der Waals surface area contributed by atoms with E-state index in [-0.39, 0.29) is 11.5 Å². The molecule has 1 aromatic heterocycles. The molecule has 2 aromatic carbocycles. The Bertz CT molecular complexity index is 1070. The van der Waals surface area contributed by atoms with Crippen molar-refractivity contribution in [2.45, 2.75) is 27.2 Å². The molecule has 1 heterocycles. The van der Waals surface area contributed by atoms with Crippen LogP contribution in [0.1, 0.15) is 39.7 Å². The number of halogens is 1. The monoisotopic (exact) mass is 425 g/mol. The van der Waals surface area contributed by atoms with Crippen molar-refractivity contribution in [3.8, 4) is 5.75 Å². The summed E-state index contributed by atoms with van der Waals surface area (Å²) in [5.41, 5.74) is 6.77. The van der Waals surface area contributed by atoms with Crippen LogP contribution in [0.25, 0.3) is 11.0 Å². The molecule has 0 fully saturated rings. The molecule has 3 rings (SSSR count). The van der Waals surface area contributed by atoms with Crippen LogP contribution in [-0.4, -0.2) is 33.6 Å². The van der Waals surface area contributed by atoms with Crippen molar-refractivity contribution in [1.29, 1.82) is 0 Å². The van der Waals surface area contributed by atoms with Gasteiger partial charge in [0.25, 0.3) is 0 Å². The molecule has 0 aliphatic heterocycles. The lowest BCUT2D eigenvalue weighted by atomic mass is 9.75. The molecular formula is C20H22B2BrNO3. The second kappa shape index (κ2) is 7.12. The standard InChI is InChI=1S/C20H22B2BrNO3/c1-5-12-13(19(26)10-6-8(2)18(25)11(23)7-10)14-15(21)16(22)17(24-4)9(3)20(14)27-12/h6-7,24-25H,5,21-22H2,1-4H3. The van der Waals surface area contributed by atoms with Crippen molar-refractivity contribution in [3.63, 3.8) is 0 Å². The summed E-state index contributed by atoms with van der Waals surface area (Å²) in [6.07, 6.45) is 0.626. The zero-order chi connectivity index (χ0) is 20.0. The SMILES string of the molecule is Bc1c(NC)c(C)c2oc(CC)c(C(=O)c3cc(C)c(O)c(Br)c3)c2c1B. The van der Waals surface area contributed by atoms with E-state index in [1.165, 1.54) is 0 Å². The van der Waals surface area contributed by atoms with E-state index in [2.05, 4.69) is 29.1 Å². The lowest BCUT2D eigenvalue weighted by molar-refractivity contribution is 0.103. The summed E-state index contributed by atoms with van der Waals surface area (Å²) in [4.78, 5) is 13.5. The van der Waals surface area contributed by atoms with Gasteiger partial charge in [-0.15, -0.1) is 0 Å². The van der Waals surface area contributed by atoms with E-state index in [4.69, 9.17) is 4.42 Å². The van der Waals surface area contributed by atoms with Gasteiger partial charge in [-0.05, 0) is 47.5 Å². The lowest BCUT2D eigenvalue weighted by Crippen LogP contribution is -2.30. The Balaban J connectivity index is 2.36. The first kappa shape index (κ1) is 19.6. The van der Waals surface area contributed by atoms with Gasteiger partial charge in [0.2, 0.25) is 0 Å². The molecule has 27 heavy (non-hydrogen) atoms. The van der Waals surface area contributed by atoms with E-state index in [1.807, 2.05) is 28.7 Å². The highest BCUT2D eigenvalue weighted by Crippen LogP contribution is 2.34. The summed E-state index contributed by atoms with van der Waals surface area (Å²) >= 11 is 3.34. The predicted octanol–water partition coefficient (Wildman–Crippen LogP) is 1.87. The maximum Gasteiger partial charge on any atom is 0.197 e. The summed E-state index contributed by atoms with van der Waals surface area (Å²) in [6, 6.07) is 3.39. The van der Waals surface area contributed by atoms with Crippen LogP contribution >= 0.6 is 15.9 Å². The third-order valence-electron chi connectivity index (χ3n) is 5.32. The first-order chi connectivity index (χ1) is 12.7. The molecule has 0 bridgehead atoms. The lowest BCUT2D eigenvalue weighted by Gasteiger charge is -2.14. The van der Waals surface area contributed by atoms with Crippen LogP contribution in [0.5, 0.6) is 5.75 Å². The molecular weight excluding hydrogens is 404 g/mol. The Morgan fingerprint density at radius 3 is 2.48 bits per heavy atom. The Hall–Kier alpha value is -2.14. The highest BCUT2D eigenvalue weighted by Gasteiger charge is 2.26. The van der Waals surface area contributed by atoms with Crippen LogP contribution in [0.2, 0.25) is 0 Å². The van der Waals surface area contributed by atoms with Crippen molar-refractivity contribution in [2.24, 2.45) is 0 Å². The number of rotatable bonds is 4. The number of hydrogen-bond donors (Lipinski definition) is 2. The summed E-state index contributed by atoms with van der Waals surface area (Å²) in [7, 11) is 5.98. The van der Waals surface area contributed by atoms with E-state index in [9.17, 15) is 9.90 Å². The molecule has 0 aliphatic carbocycles. The molecule has 0 aliphatic rings. The van der Waals surface area contributed by atoms with Crippen LogP contribution in [0.15, 0.2) is 21.0 Å². The number of aryl methyl sites for hydroxylation is 3. The number of furan rings is 1. The maximum atomic E-state index is 13.5. The Kier molecular flexibility index (Phi) is 5.17. The molecule has 4 nitrogen and oxygen atoms in total. The van der Waals surface area contributed by atoms with Crippen LogP contribution in [-0.2, 0) is 6.42 Å². The molecule has 0 spiro atoms. The Morgan fingerprint density at radius 1 is 1.26 bits per heavy atom. The molecule has 0 radical (unpaired) electrons. The van der Waals surface area contributed by atoms with Crippen molar-refractivity contribution in [2.75, 3.05) is 12.4 Å². The van der Waals surface area contributed by atoms with Crippen LogP contribution in [0.3, 0.4) is 0 Å². The van der Waals surface area contributed by atoms with Gasteiger partial charge in [-0.1, -0.05) is 17.8 Å². The van der Waals surface area contributed by atoms with E-state index < -0.39 is 0 Å². The molecule has 2 N–H and O–H groups in total. The average molecular weight is 426 g/mol. The van der Waals surface area contributed by atoms with Gasteiger partial charge >= 0.3 is 0 Å². The van der Waals surface area contributed by atoms with Gasteiger partial charge in [0, 0.05) is 35.7 Å². The summed E-state index contributed by atoms with van der Waals surface area (Å²) in [6.45, 7) is 5.78.